The Morgan fingerprint density at radius 3 is 2.63 bits per heavy atom. The van der Waals surface area contributed by atoms with Crippen LogP contribution in [0.4, 0.5) is 5.69 Å². The maximum Gasteiger partial charge on any atom is 0.151 e. The van der Waals surface area contributed by atoms with Crippen LogP contribution in [-0.2, 0) is 4.84 Å². The predicted molar refractivity (Wildman–Crippen MR) is 153 cm³/mol. The van der Waals surface area contributed by atoms with Crippen molar-refractivity contribution in [1.29, 1.82) is 0 Å². The second-order valence-corrected chi connectivity index (χ2v) is 10.8. The Bertz CT molecular complexity index is 1140. The van der Waals surface area contributed by atoms with Crippen LogP contribution in [0, 0.1) is 5.92 Å². The SMILES string of the molecule is COc1cc2c(cc1NCCN(C)C)OCC1C2=NOC1CN1CCN(CC(C)=Cc2ccccc2)CC1. The van der Waals surface area contributed by atoms with Gasteiger partial charge in [0.2, 0.25) is 0 Å². The standard InChI is InChI=1S/C30H41N5O3/c1-22(16-23-8-6-5-7-9-23)19-34-12-14-35(15-13-34)20-29-25-21-37-27-18-26(31-10-11-33(2)3)28(36-4)17-24(27)30(25)32-38-29/h5-9,16-18,25,29,31H,10-15,19-21H2,1-4H3. The third-order valence-corrected chi connectivity index (χ3v) is 7.55. The van der Waals surface area contributed by atoms with Crippen molar-refractivity contribution >= 4 is 17.5 Å². The third-order valence-electron chi connectivity index (χ3n) is 7.55. The van der Waals surface area contributed by atoms with Gasteiger partial charge in [0.1, 0.15) is 23.8 Å². The number of nitrogens with zero attached hydrogens (tertiary/aromatic N) is 4. The summed E-state index contributed by atoms with van der Waals surface area (Å²) < 4.78 is 11.9. The molecule has 38 heavy (non-hydrogen) atoms. The number of fused-ring (bicyclic) bond motifs is 3. The number of rotatable bonds is 10. The quantitative estimate of drug-likeness (QED) is 0.516. The van der Waals surface area contributed by atoms with Crippen LogP contribution in [0.15, 0.2) is 53.2 Å². The van der Waals surface area contributed by atoms with Crippen LogP contribution in [0.3, 0.4) is 0 Å². The monoisotopic (exact) mass is 519 g/mol. The number of ether oxygens (including phenoxy) is 2. The van der Waals surface area contributed by atoms with E-state index >= 15 is 0 Å². The van der Waals surface area contributed by atoms with Crippen molar-refractivity contribution in [2.75, 3.05) is 85.5 Å². The predicted octanol–water partition coefficient (Wildman–Crippen LogP) is 3.50. The van der Waals surface area contributed by atoms with Gasteiger partial charge in [0.25, 0.3) is 0 Å². The summed E-state index contributed by atoms with van der Waals surface area (Å²) in [7, 11) is 5.83. The highest BCUT2D eigenvalue weighted by molar-refractivity contribution is 6.07. The average molecular weight is 520 g/mol. The first-order chi connectivity index (χ1) is 18.5. The smallest absolute Gasteiger partial charge is 0.151 e. The Hall–Kier alpha value is -3.07. The Kier molecular flexibility index (Phi) is 8.51. The Balaban J connectivity index is 1.14. The molecule has 3 aliphatic rings. The van der Waals surface area contributed by atoms with E-state index in [9.17, 15) is 0 Å². The summed E-state index contributed by atoms with van der Waals surface area (Å²) in [4.78, 5) is 13.2. The molecule has 3 aliphatic heterocycles. The van der Waals surface area contributed by atoms with Crippen LogP contribution in [0.1, 0.15) is 18.1 Å². The lowest BCUT2D eigenvalue weighted by Gasteiger charge is -2.36. The molecular weight excluding hydrogens is 478 g/mol. The highest BCUT2D eigenvalue weighted by Gasteiger charge is 2.41. The average Bonchev–Trinajstić information content (AvgIpc) is 3.32. The van der Waals surface area contributed by atoms with E-state index in [2.05, 4.69) is 82.6 Å². The molecule has 2 atom stereocenters. The van der Waals surface area contributed by atoms with Gasteiger partial charge in [-0.1, -0.05) is 47.1 Å². The van der Waals surface area contributed by atoms with E-state index in [4.69, 9.17) is 14.3 Å². The normalized spacial score (nSPS) is 21.8. The number of nitrogens with one attached hydrogen (secondary N) is 1. The Labute approximate surface area is 226 Å². The molecule has 5 rings (SSSR count). The fraction of sp³-hybridized carbons (Fsp3) is 0.500. The number of hydrogen-bond donors (Lipinski definition) is 1. The van der Waals surface area contributed by atoms with E-state index in [0.29, 0.717) is 6.61 Å². The van der Waals surface area contributed by atoms with Gasteiger partial charge < -0.3 is 24.5 Å². The molecule has 0 bridgehead atoms. The third kappa shape index (κ3) is 6.31. The van der Waals surface area contributed by atoms with Crippen molar-refractivity contribution in [3.63, 3.8) is 0 Å². The number of anilines is 1. The van der Waals surface area contributed by atoms with Gasteiger partial charge in [0, 0.05) is 64.0 Å². The summed E-state index contributed by atoms with van der Waals surface area (Å²) in [6, 6.07) is 14.6. The number of hydrogen-bond acceptors (Lipinski definition) is 8. The fourth-order valence-corrected chi connectivity index (χ4v) is 5.43. The van der Waals surface area contributed by atoms with E-state index in [0.717, 1.165) is 80.8 Å². The molecule has 204 valence electrons. The van der Waals surface area contributed by atoms with Crippen molar-refractivity contribution in [2.45, 2.75) is 13.0 Å². The van der Waals surface area contributed by atoms with Gasteiger partial charge >= 0.3 is 0 Å². The van der Waals surface area contributed by atoms with Crippen LogP contribution in [0.5, 0.6) is 11.5 Å². The molecule has 1 N–H and O–H groups in total. The molecule has 0 amide bonds. The van der Waals surface area contributed by atoms with Gasteiger partial charge in [0.15, 0.2) is 6.10 Å². The van der Waals surface area contributed by atoms with Crippen molar-refractivity contribution < 1.29 is 14.3 Å². The molecule has 0 aliphatic carbocycles. The van der Waals surface area contributed by atoms with Crippen molar-refractivity contribution in [3.8, 4) is 11.5 Å². The summed E-state index contributed by atoms with van der Waals surface area (Å²) in [5.74, 6) is 1.77. The molecule has 2 unspecified atom stereocenters. The van der Waals surface area contributed by atoms with Crippen LogP contribution in [-0.4, -0.2) is 107 Å². The zero-order valence-corrected chi connectivity index (χ0v) is 23.2. The van der Waals surface area contributed by atoms with E-state index in [1.807, 2.05) is 12.1 Å². The van der Waals surface area contributed by atoms with E-state index in [1.165, 1.54) is 11.1 Å². The first-order valence-electron chi connectivity index (χ1n) is 13.6. The molecule has 1 fully saturated rings. The van der Waals surface area contributed by atoms with Crippen LogP contribution < -0.4 is 14.8 Å². The highest BCUT2D eigenvalue weighted by Crippen LogP contribution is 2.40. The summed E-state index contributed by atoms with van der Waals surface area (Å²) >= 11 is 0. The minimum Gasteiger partial charge on any atom is -0.495 e. The molecule has 0 saturated carbocycles. The Morgan fingerprint density at radius 2 is 1.89 bits per heavy atom. The van der Waals surface area contributed by atoms with Gasteiger partial charge in [-0.15, -0.1) is 0 Å². The molecule has 2 aromatic rings. The number of methoxy groups -OCH3 is 1. The summed E-state index contributed by atoms with van der Waals surface area (Å²) in [5.41, 5.74) is 5.56. The minimum atomic E-state index is 0.00769. The molecule has 2 aromatic carbocycles. The van der Waals surface area contributed by atoms with Crippen molar-refractivity contribution in [1.82, 2.24) is 14.7 Å². The van der Waals surface area contributed by atoms with Crippen LogP contribution in [0.2, 0.25) is 0 Å². The Morgan fingerprint density at radius 1 is 1.13 bits per heavy atom. The maximum atomic E-state index is 6.23. The fourth-order valence-electron chi connectivity index (χ4n) is 5.43. The van der Waals surface area contributed by atoms with Gasteiger partial charge in [-0.3, -0.25) is 9.80 Å². The minimum absolute atomic E-state index is 0.00769. The largest absolute Gasteiger partial charge is 0.495 e. The van der Waals surface area contributed by atoms with Gasteiger partial charge in [-0.2, -0.15) is 0 Å². The van der Waals surface area contributed by atoms with Crippen LogP contribution in [0.25, 0.3) is 6.08 Å². The molecular formula is C30H41N5O3. The number of likely N-dealkylation sites (N-methyl/N-ethyl adjacent to an activating group) is 1. The first kappa shape index (κ1) is 26.5. The van der Waals surface area contributed by atoms with E-state index in [1.54, 1.807) is 7.11 Å². The molecule has 1 saturated heterocycles. The summed E-state index contributed by atoms with van der Waals surface area (Å²) in [5, 5.41) is 8.00. The van der Waals surface area contributed by atoms with Gasteiger partial charge in [-0.25, -0.2) is 0 Å². The second-order valence-electron chi connectivity index (χ2n) is 10.8. The lowest BCUT2D eigenvalue weighted by atomic mass is 9.89. The number of benzene rings is 2. The molecule has 0 spiro atoms. The lowest BCUT2D eigenvalue weighted by molar-refractivity contribution is 0.0101. The maximum absolute atomic E-state index is 6.23. The van der Waals surface area contributed by atoms with Crippen molar-refractivity contribution in [2.24, 2.45) is 11.1 Å². The zero-order chi connectivity index (χ0) is 26.5. The second kappa shape index (κ2) is 12.2. The zero-order valence-electron chi connectivity index (χ0n) is 23.2. The highest BCUT2D eigenvalue weighted by atomic mass is 16.6. The summed E-state index contributed by atoms with van der Waals surface area (Å²) in [6.07, 6.45) is 2.30. The topological polar surface area (TPSA) is 61.8 Å². The van der Waals surface area contributed by atoms with E-state index < -0.39 is 0 Å². The van der Waals surface area contributed by atoms with Crippen LogP contribution >= 0.6 is 0 Å². The molecule has 0 aromatic heterocycles. The molecule has 8 heteroatoms. The van der Waals surface area contributed by atoms with E-state index in [-0.39, 0.29) is 12.0 Å². The lowest BCUT2D eigenvalue weighted by Crippen LogP contribution is -2.50. The molecule has 3 heterocycles. The number of piperazine rings is 1. The van der Waals surface area contributed by atoms with Gasteiger partial charge in [-0.05, 0) is 32.6 Å². The summed E-state index contributed by atoms with van der Waals surface area (Å²) in [6.45, 7) is 10.6. The van der Waals surface area contributed by atoms with Crippen molar-refractivity contribution in [3.05, 3.63) is 59.2 Å². The van der Waals surface area contributed by atoms with Gasteiger partial charge in [0.05, 0.1) is 18.7 Å². The number of oxime groups is 1. The molecule has 0 radical (unpaired) electrons. The molecule has 8 nitrogen and oxygen atoms in total. The first-order valence-corrected chi connectivity index (χ1v) is 13.6.